The number of thiazole rings is 1. The molecule has 1 saturated carbocycles. The van der Waals surface area contributed by atoms with Crippen LogP contribution in [0.3, 0.4) is 0 Å². The molecule has 1 aromatic heterocycles. The monoisotopic (exact) mass is 476 g/mol. The maximum absolute atomic E-state index is 12.8. The van der Waals surface area contributed by atoms with Gasteiger partial charge in [0.25, 0.3) is 0 Å². The maximum Gasteiger partial charge on any atom is 0.307 e. The molecule has 5 rings (SSSR count). The van der Waals surface area contributed by atoms with E-state index in [-0.39, 0.29) is 5.78 Å². The molecule has 1 aliphatic rings. The molecule has 0 unspecified atom stereocenters. The number of benzene rings is 3. The number of carboxylic acid groups (broad SMARTS) is 1. The van der Waals surface area contributed by atoms with E-state index in [0.29, 0.717) is 23.4 Å². The third kappa shape index (κ3) is 4.49. The van der Waals surface area contributed by atoms with Crippen LogP contribution in [0.15, 0.2) is 66.7 Å². The van der Waals surface area contributed by atoms with Gasteiger partial charge in [-0.05, 0) is 54.3 Å². The minimum absolute atomic E-state index is 0.0666. The molecule has 0 saturated heterocycles. The van der Waals surface area contributed by atoms with Gasteiger partial charge in [-0.2, -0.15) is 0 Å². The molecule has 0 aliphatic heterocycles. The van der Waals surface area contributed by atoms with Crippen LogP contribution in [0.4, 0.5) is 10.8 Å². The first-order chi connectivity index (χ1) is 16.0. The topological polar surface area (TPSA) is 79.3 Å². The van der Waals surface area contributed by atoms with Crippen LogP contribution < -0.4 is 5.32 Å². The van der Waals surface area contributed by atoms with Gasteiger partial charge in [0.15, 0.2) is 10.9 Å². The van der Waals surface area contributed by atoms with E-state index in [1.165, 1.54) is 0 Å². The van der Waals surface area contributed by atoms with E-state index in [2.05, 4.69) is 10.3 Å². The van der Waals surface area contributed by atoms with Gasteiger partial charge in [0, 0.05) is 22.2 Å². The van der Waals surface area contributed by atoms with Crippen LogP contribution in [0.25, 0.3) is 21.3 Å². The number of anilines is 2. The van der Waals surface area contributed by atoms with E-state index in [9.17, 15) is 14.7 Å². The summed E-state index contributed by atoms with van der Waals surface area (Å²) in [6.07, 6.45) is 2.01. The third-order valence-electron chi connectivity index (χ3n) is 6.16. The summed E-state index contributed by atoms with van der Waals surface area (Å²) >= 11 is 7.61. The minimum Gasteiger partial charge on any atom is -0.481 e. The lowest BCUT2D eigenvalue weighted by molar-refractivity contribution is -0.142. The number of hydrogen-bond donors (Lipinski definition) is 2. The van der Waals surface area contributed by atoms with Crippen LogP contribution >= 0.6 is 22.9 Å². The van der Waals surface area contributed by atoms with Crippen LogP contribution in [-0.2, 0) is 4.79 Å². The summed E-state index contributed by atoms with van der Waals surface area (Å²) in [6, 6.07) is 21.1. The number of ketones is 1. The number of hydrogen-bond acceptors (Lipinski definition) is 5. The Morgan fingerprint density at radius 2 is 1.61 bits per heavy atom. The lowest BCUT2D eigenvalue weighted by Gasteiger charge is -2.14. The number of fused-ring (bicyclic) bond motifs is 1. The van der Waals surface area contributed by atoms with E-state index < -0.39 is 17.8 Å². The van der Waals surface area contributed by atoms with Crippen LogP contribution in [0.2, 0.25) is 5.02 Å². The first-order valence-corrected chi connectivity index (χ1v) is 12.0. The molecule has 0 amide bonds. The van der Waals surface area contributed by atoms with Crippen LogP contribution in [0.1, 0.15) is 29.6 Å². The number of carboxylic acids is 1. The second-order valence-corrected chi connectivity index (χ2v) is 9.72. The van der Waals surface area contributed by atoms with E-state index in [0.717, 1.165) is 38.6 Å². The molecule has 33 heavy (non-hydrogen) atoms. The molecular formula is C26H21ClN2O3S. The zero-order chi connectivity index (χ0) is 22.9. The largest absolute Gasteiger partial charge is 0.481 e. The van der Waals surface area contributed by atoms with Crippen molar-refractivity contribution in [1.82, 2.24) is 4.98 Å². The molecule has 1 heterocycles. The number of halogens is 1. The van der Waals surface area contributed by atoms with E-state index in [4.69, 9.17) is 11.6 Å². The molecule has 0 radical (unpaired) electrons. The number of Topliss-reactive ketones (excluding diaryl/α,β-unsaturated/α-hetero) is 1. The quantitative estimate of drug-likeness (QED) is 0.291. The number of rotatable bonds is 6. The zero-order valence-corrected chi connectivity index (χ0v) is 19.2. The predicted octanol–water partition coefficient (Wildman–Crippen LogP) is 7.04. The van der Waals surface area contributed by atoms with Crippen molar-refractivity contribution in [2.75, 3.05) is 5.32 Å². The molecule has 4 aromatic rings. The number of carbonyl (C=O) groups is 2. The molecule has 7 heteroatoms. The third-order valence-corrected chi connectivity index (χ3v) is 7.35. The van der Waals surface area contributed by atoms with Crippen molar-refractivity contribution in [1.29, 1.82) is 0 Å². The first-order valence-electron chi connectivity index (χ1n) is 10.8. The fourth-order valence-electron chi connectivity index (χ4n) is 4.43. The average molecular weight is 477 g/mol. The van der Waals surface area contributed by atoms with Gasteiger partial charge < -0.3 is 10.4 Å². The van der Waals surface area contributed by atoms with Crippen LogP contribution in [0.5, 0.6) is 0 Å². The second-order valence-electron chi connectivity index (χ2n) is 8.26. The summed E-state index contributed by atoms with van der Waals surface area (Å²) < 4.78 is 1.07. The zero-order valence-electron chi connectivity index (χ0n) is 17.6. The Morgan fingerprint density at radius 1 is 0.939 bits per heavy atom. The second kappa shape index (κ2) is 8.96. The van der Waals surface area contributed by atoms with E-state index in [1.54, 1.807) is 23.5 Å². The first kappa shape index (κ1) is 21.6. The molecule has 3 aromatic carbocycles. The number of carbonyl (C=O) groups excluding carboxylic acids is 1. The lowest BCUT2D eigenvalue weighted by atomic mass is 9.88. The summed E-state index contributed by atoms with van der Waals surface area (Å²) in [6.45, 7) is 0. The molecule has 166 valence electrons. The standard InChI is InChI=1S/C26H21ClN2O3S/c27-18-10-13-23-22(14-18)29-26(33-23)28-19-11-8-16(9-12-19)15-4-6-17(7-5-15)24(30)20-2-1-3-21(20)25(31)32/h4-14,20-21H,1-3H2,(H,28,29)(H,31,32)/t20-,21-/m0/s1. The minimum atomic E-state index is -0.870. The summed E-state index contributed by atoms with van der Waals surface area (Å²) in [4.78, 5) is 28.8. The van der Waals surface area contributed by atoms with E-state index >= 15 is 0 Å². The Balaban J connectivity index is 1.29. The summed E-state index contributed by atoms with van der Waals surface area (Å²) in [5.41, 5.74) is 4.39. The van der Waals surface area contributed by atoms with Gasteiger partial charge in [-0.1, -0.05) is 65.8 Å². The van der Waals surface area contributed by atoms with Gasteiger partial charge in [-0.3, -0.25) is 9.59 Å². The molecule has 5 nitrogen and oxygen atoms in total. The fraction of sp³-hybridized carbons (Fsp3) is 0.192. The van der Waals surface area contributed by atoms with Gasteiger partial charge in [-0.15, -0.1) is 0 Å². The van der Waals surface area contributed by atoms with Crippen molar-refractivity contribution in [3.05, 3.63) is 77.3 Å². The summed E-state index contributed by atoms with van der Waals surface area (Å²) in [5, 5.41) is 14.2. The normalized spacial score (nSPS) is 17.8. The predicted molar refractivity (Wildman–Crippen MR) is 133 cm³/mol. The van der Waals surface area contributed by atoms with Crippen molar-refractivity contribution in [3.8, 4) is 11.1 Å². The van der Waals surface area contributed by atoms with Crippen molar-refractivity contribution in [3.63, 3.8) is 0 Å². The van der Waals surface area contributed by atoms with Gasteiger partial charge >= 0.3 is 5.97 Å². The Morgan fingerprint density at radius 3 is 2.30 bits per heavy atom. The Kier molecular flexibility index (Phi) is 5.87. The highest BCUT2D eigenvalue weighted by molar-refractivity contribution is 7.22. The molecular weight excluding hydrogens is 456 g/mol. The van der Waals surface area contributed by atoms with Crippen molar-refractivity contribution >= 4 is 55.7 Å². The number of aliphatic carboxylic acids is 1. The number of nitrogens with zero attached hydrogens (tertiary/aromatic N) is 1. The molecule has 0 bridgehead atoms. The summed E-state index contributed by atoms with van der Waals surface area (Å²) in [5.74, 6) is -1.92. The van der Waals surface area contributed by atoms with Crippen molar-refractivity contribution in [2.45, 2.75) is 19.3 Å². The van der Waals surface area contributed by atoms with Crippen LogP contribution in [0, 0.1) is 11.8 Å². The highest BCUT2D eigenvalue weighted by atomic mass is 35.5. The summed E-state index contributed by atoms with van der Waals surface area (Å²) in [7, 11) is 0. The molecule has 2 N–H and O–H groups in total. The SMILES string of the molecule is O=C(O)[C@H]1CCC[C@@H]1C(=O)c1ccc(-c2ccc(Nc3nc4cc(Cl)ccc4s3)cc2)cc1. The highest BCUT2D eigenvalue weighted by Crippen LogP contribution is 2.35. The molecule has 1 aliphatic carbocycles. The Bertz CT molecular complexity index is 1330. The Labute approximate surface area is 200 Å². The van der Waals surface area contributed by atoms with E-state index in [1.807, 2.05) is 54.6 Å². The fourth-order valence-corrected chi connectivity index (χ4v) is 5.47. The van der Waals surface area contributed by atoms with Gasteiger partial charge in [-0.25, -0.2) is 4.98 Å². The maximum atomic E-state index is 12.8. The van der Waals surface area contributed by atoms with Crippen molar-refractivity contribution < 1.29 is 14.7 Å². The van der Waals surface area contributed by atoms with Crippen molar-refractivity contribution in [2.24, 2.45) is 11.8 Å². The number of nitrogens with one attached hydrogen (secondary N) is 1. The Hall–Kier alpha value is -3.22. The molecule has 1 fully saturated rings. The lowest BCUT2D eigenvalue weighted by Crippen LogP contribution is -2.25. The smallest absolute Gasteiger partial charge is 0.307 e. The van der Waals surface area contributed by atoms with Gasteiger partial charge in [0.05, 0.1) is 16.1 Å². The highest BCUT2D eigenvalue weighted by Gasteiger charge is 2.37. The van der Waals surface area contributed by atoms with Gasteiger partial charge in [0.1, 0.15) is 0 Å². The van der Waals surface area contributed by atoms with Crippen LogP contribution in [-0.4, -0.2) is 21.8 Å². The van der Waals surface area contributed by atoms with Gasteiger partial charge in [0.2, 0.25) is 0 Å². The number of aromatic nitrogens is 1. The molecule has 0 spiro atoms. The molecule has 2 atom stereocenters. The average Bonchev–Trinajstić information content (AvgIpc) is 3.46.